The SMILES string of the molecule is OCCN1CCN(C2=Cc3ccccc3Sc3ccccc32)CC1. The maximum atomic E-state index is 9.14. The Balaban J connectivity index is 1.69. The summed E-state index contributed by atoms with van der Waals surface area (Å²) >= 11 is 1.86. The van der Waals surface area contributed by atoms with Crippen molar-refractivity contribution in [1.29, 1.82) is 0 Å². The molecule has 0 radical (unpaired) electrons. The lowest BCUT2D eigenvalue weighted by Gasteiger charge is -2.37. The number of aliphatic hydroxyl groups excluding tert-OH is 1. The molecule has 0 spiro atoms. The van der Waals surface area contributed by atoms with Gasteiger partial charge in [0.25, 0.3) is 0 Å². The molecule has 0 aromatic heterocycles. The van der Waals surface area contributed by atoms with Crippen molar-refractivity contribution in [3.63, 3.8) is 0 Å². The number of benzene rings is 2. The van der Waals surface area contributed by atoms with Crippen LogP contribution < -0.4 is 0 Å². The summed E-state index contributed by atoms with van der Waals surface area (Å²) in [5.41, 5.74) is 3.95. The second-order valence-corrected chi connectivity index (χ2v) is 7.30. The van der Waals surface area contributed by atoms with Gasteiger partial charge in [0, 0.05) is 53.8 Å². The minimum atomic E-state index is 0.246. The molecule has 2 aromatic carbocycles. The van der Waals surface area contributed by atoms with Gasteiger partial charge in [-0.25, -0.2) is 0 Å². The first kappa shape index (κ1) is 15.8. The van der Waals surface area contributed by atoms with Gasteiger partial charge in [0.2, 0.25) is 0 Å². The molecule has 2 aliphatic rings. The van der Waals surface area contributed by atoms with E-state index in [-0.39, 0.29) is 6.61 Å². The van der Waals surface area contributed by atoms with E-state index in [1.165, 1.54) is 26.6 Å². The summed E-state index contributed by atoms with van der Waals surface area (Å²) in [7, 11) is 0. The molecule has 0 bridgehead atoms. The lowest BCUT2D eigenvalue weighted by molar-refractivity contribution is 0.143. The van der Waals surface area contributed by atoms with Crippen molar-refractivity contribution in [3.8, 4) is 0 Å². The van der Waals surface area contributed by atoms with Gasteiger partial charge in [-0.3, -0.25) is 4.90 Å². The minimum absolute atomic E-state index is 0.246. The Bertz CT molecular complexity index is 751. The molecule has 24 heavy (non-hydrogen) atoms. The van der Waals surface area contributed by atoms with Crippen LogP contribution in [0.15, 0.2) is 58.3 Å². The maximum absolute atomic E-state index is 9.14. The van der Waals surface area contributed by atoms with E-state index in [4.69, 9.17) is 5.11 Å². The van der Waals surface area contributed by atoms with Crippen molar-refractivity contribution in [2.45, 2.75) is 9.79 Å². The number of aliphatic hydroxyl groups is 1. The van der Waals surface area contributed by atoms with Crippen molar-refractivity contribution in [2.75, 3.05) is 39.3 Å². The van der Waals surface area contributed by atoms with E-state index >= 15 is 0 Å². The molecule has 3 nitrogen and oxygen atoms in total. The zero-order chi connectivity index (χ0) is 16.4. The van der Waals surface area contributed by atoms with Gasteiger partial charge in [0.05, 0.1) is 6.61 Å². The lowest BCUT2D eigenvalue weighted by atomic mass is 10.1. The smallest absolute Gasteiger partial charge is 0.0558 e. The molecule has 1 saturated heterocycles. The molecule has 4 heteroatoms. The van der Waals surface area contributed by atoms with Gasteiger partial charge in [0.1, 0.15) is 0 Å². The predicted molar refractivity (Wildman–Crippen MR) is 100.0 cm³/mol. The summed E-state index contributed by atoms with van der Waals surface area (Å²) in [6, 6.07) is 17.3. The molecule has 1 fully saturated rings. The van der Waals surface area contributed by atoms with Crippen LogP contribution in [0, 0.1) is 0 Å². The second-order valence-electron chi connectivity index (χ2n) is 6.22. The molecular weight excluding hydrogens is 316 g/mol. The first-order valence-electron chi connectivity index (χ1n) is 8.51. The Kier molecular flexibility index (Phi) is 4.60. The molecule has 1 N–H and O–H groups in total. The van der Waals surface area contributed by atoms with Gasteiger partial charge in [-0.1, -0.05) is 48.2 Å². The predicted octanol–water partition coefficient (Wildman–Crippen LogP) is 3.26. The van der Waals surface area contributed by atoms with Gasteiger partial charge in [-0.2, -0.15) is 0 Å². The quantitative estimate of drug-likeness (QED) is 0.929. The van der Waals surface area contributed by atoms with Crippen LogP contribution in [-0.4, -0.2) is 54.2 Å². The van der Waals surface area contributed by atoms with Crippen LogP contribution in [0.5, 0.6) is 0 Å². The van der Waals surface area contributed by atoms with E-state index in [1.54, 1.807) is 0 Å². The van der Waals surface area contributed by atoms with Gasteiger partial charge in [-0.05, 0) is 23.8 Å². The van der Waals surface area contributed by atoms with Crippen molar-refractivity contribution >= 4 is 23.5 Å². The molecule has 2 aromatic rings. The van der Waals surface area contributed by atoms with Crippen LogP contribution in [-0.2, 0) is 0 Å². The average molecular weight is 338 g/mol. The van der Waals surface area contributed by atoms with Crippen LogP contribution in [0.2, 0.25) is 0 Å². The normalized spacial score (nSPS) is 17.7. The van der Waals surface area contributed by atoms with Crippen LogP contribution in [0.25, 0.3) is 11.8 Å². The fraction of sp³-hybridized carbons (Fsp3) is 0.300. The third kappa shape index (κ3) is 3.09. The van der Waals surface area contributed by atoms with Crippen LogP contribution in [0.4, 0.5) is 0 Å². The molecule has 2 aliphatic heterocycles. The van der Waals surface area contributed by atoms with Crippen molar-refractivity contribution in [2.24, 2.45) is 0 Å². The zero-order valence-corrected chi connectivity index (χ0v) is 14.5. The lowest BCUT2D eigenvalue weighted by Crippen LogP contribution is -2.46. The number of β-amino-alcohol motifs (C(OH)–C–C–N with tert-alkyl or cyclic N) is 1. The molecule has 4 rings (SSSR count). The Morgan fingerprint density at radius 1 is 0.875 bits per heavy atom. The third-order valence-corrected chi connectivity index (χ3v) is 5.89. The molecule has 124 valence electrons. The summed E-state index contributed by atoms with van der Waals surface area (Å²) in [5.74, 6) is 0. The summed E-state index contributed by atoms with van der Waals surface area (Å²) in [6.45, 7) is 5.06. The molecule has 0 unspecified atom stereocenters. The van der Waals surface area contributed by atoms with Gasteiger partial charge in [0.15, 0.2) is 0 Å². The summed E-state index contributed by atoms with van der Waals surface area (Å²) in [5, 5.41) is 9.14. The van der Waals surface area contributed by atoms with Gasteiger partial charge < -0.3 is 10.0 Å². The molecule has 2 heterocycles. The van der Waals surface area contributed by atoms with E-state index in [9.17, 15) is 0 Å². The standard InChI is InChI=1S/C20H22N2OS/c23-14-13-21-9-11-22(12-10-21)18-15-16-5-1-3-7-19(16)24-20-8-4-2-6-17(18)20/h1-8,15,23H,9-14H2. The summed E-state index contributed by atoms with van der Waals surface area (Å²) in [6.07, 6.45) is 2.34. The Hall–Kier alpha value is -1.75. The number of rotatable bonds is 3. The highest BCUT2D eigenvalue weighted by Crippen LogP contribution is 2.41. The van der Waals surface area contributed by atoms with Crippen molar-refractivity contribution < 1.29 is 5.11 Å². The monoisotopic (exact) mass is 338 g/mol. The topological polar surface area (TPSA) is 26.7 Å². The minimum Gasteiger partial charge on any atom is -0.395 e. The van der Waals surface area contributed by atoms with E-state index in [0.29, 0.717) is 0 Å². The largest absolute Gasteiger partial charge is 0.395 e. The second kappa shape index (κ2) is 7.01. The highest BCUT2D eigenvalue weighted by Gasteiger charge is 2.23. The fourth-order valence-electron chi connectivity index (χ4n) is 3.42. The molecular formula is C20H22N2OS. The average Bonchev–Trinajstić information content (AvgIpc) is 2.79. The van der Waals surface area contributed by atoms with Gasteiger partial charge >= 0.3 is 0 Å². The number of hydrogen-bond donors (Lipinski definition) is 1. The van der Waals surface area contributed by atoms with Gasteiger partial charge in [-0.15, -0.1) is 0 Å². The van der Waals surface area contributed by atoms with E-state index in [0.717, 1.165) is 32.7 Å². The fourth-order valence-corrected chi connectivity index (χ4v) is 4.48. The van der Waals surface area contributed by atoms with Crippen LogP contribution in [0.1, 0.15) is 11.1 Å². The Morgan fingerprint density at radius 2 is 1.58 bits per heavy atom. The summed E-state index contributed by atoms with van der Waals surface area (Å²) in [4.78, 5) is 7.47. The molecule has 0 amide bonds. The number of nitrogens with zero attached hydrogens (tertiary/aromatic N) is 2. The number of piperazine rings is 1. The summed E-state index contributed by atoms with van der Waals surface area (Å²) < 4.78 is 0. The first-order chi connectivity index (χ1) is 11.8. The highest BCUT2D eigenvalue weighted by molar-refractivity contribution is 7.99. The van der Waals surface area contributed by atoms with Crippen LogP contribution >= 0.6 is 11.8 Å². The number of hydrogen-bond acceptors (Lipinski definition) is 4. The van der Waals surface area contributed by atoms with Crippen LogP contribution in [0.3, 0.4) is 0 Å². The third-order valence-electron chi connectivity index (χ3n) is 4.72. The van der Waals surface area contributed by atoms with E-state index < -0.39 is 0 Å². The highest BCUT2D eigenvalue weighted by atomic mass is 32.2. The van der Waals surface area contributed by atoms with E-state index in [1.807, 2.05) is 11.8 Å². The zero-order valence-electron chi connectivity index (χ0n) is 13.7. The van der Waals surface area contributed by atoms with Crippen molar-refractivity contribution in [3.05, 3.63) is 59.7 Å². The first-order valence-corrected chi connectivity index (χ1v) is 9.33. The molecule has 0 atom stereocenters. The number of fused-ring (bicyclic) bond motifs is 2. The maximum Gasteiger partial charge on any atom is 0.0558 e. The Morgan fingerprint density at radius 3 is 2.38 bits per heavy atom. The van der Waals surface area contributed by atoms with E-state index in [2.05, 4.69) is 64.4 Å². The van der Waals surface area contributed by atoms with Crippen molar-refractivity contribution in [1.82, 2.24) is 9.80 Å². The molecule has 0 aliphatic carbocycles. The Labute approximate surface area is 147 Å². The molecule has 0 saturated carbocycles.